The van der Waals surface area contributed by atoms with E-state index < -0.39 is 5.97 Å². The second-order valence-electron chi connectivity index (χ2n) is 3.97. The average Bonchev–Trinajstić information content (AvgIpc) is 2.46. The molecule has 2 rings (SSSR count). The standard InChI is InChI=1S/C15H14O5/c1-3-19-14(16)7-4-10-9-20-13-6-5-11(18-2)8-12(13)15(10)17/h4-9H,3H2,1-2H3. The predicted octanol–water partition coefficient (Wildman–Crippen LogP) is 2.38. The molecular weight excluding hydrogens is 260 g/mol. The van der Waals surface area contributed by atoms with E-state index in [2.05, 4.69) is 0 Å². The lowest BCUT2D eigenvalue weighted by molar-refractivity contribution is -0.137. The minimum Gasteiger partial charge on any atom is -0.497 e. The number of fused-ring (bicyclic) bond motifs is 1. The third-order valence-corrected chi connectivity index (χ3v) is 2.69. The van der Waals surface area contributed by atoms with E-state index in [1.807, 2.05) is 0 Å². The predicted molar refractivity (Wildman–Crippen MR) is 74.7 cm³/mol. The zero-order valence-electron chi connectivity index (χ0n) is 11.2. The zero-order valence-corrected chi connectivity index (χ0v) is 11.2. The van der Waals surface area contributed by atoms with Gasteiger partial charge in [0.1, 0.15) is 17.6 Å². The van der Waals surface area contributed by atoms with Crippen LogP contribution in [0.25, 0.3) is 17.0 Å². The fraction of sp³-hybridized carbons (Fsp3) is 0.200. The van der Waals surface area contributed by atoms with Crippen LogP contribution in [0.1, 0.15) is 12.5 Å². The van der Waals surface area contributed by atoms with E-state index in [4.69, 9.17) is 13.9 Å². The second-order valence-corrected chi connectivity index (χ2v) is 3.97. The molecule has 2 aromatic rings. The van der Waals surface area contributed by atoms with Gasteiger partial charge in [-0.25, -0.2) is 4.79 Å². The molecule has 0 unspecified atom stereocenters. The van der Waals surface area contributed by atoms with Crippen molar-refractivity contribution in [2.45, 2.75) is 6.92 Å². The molecule has 0 aliphatic heterocycles. The number of ether oxygens (including phenoxy) is 2. The molecule has 5 heteroatoms. The summed E-state index contributed by atoms with van der Waals surface area (Å²) in [6.45, 7) is 2.00. The number of hydrogen-bond acceptors (Lipinski definition) is 5. The number of carbonyl (C=O) groups excluding carboxylic acids is 1. The molecule has 0 atom stereocenters. The Hall–Kier alpha value is -2.56. The summed E-state index contributed by atoms with van der Waals surface area (Å²) in [5, 5.41) is 0.398. The van der Waals surface area contributed by atoms with Crippen molar-refractivity contribution in [1.82, 2.24) is 0 Å². The Labute approximate surface area is 115 Å². The lowest BCUT2D eigenvalue weighted by Crippen LogP contribution is -2.06. The van der Waals surface area contributed by atoms with Crippen LogP contribution in [-0.4, -0.2) is 19.7 Å². The van der Waals surface area contributed by atoms with E-state index in [9.17, 15) is 9.59 Å². The summed E-state index contributed by atoms with van der Waals surface area (Å²) < 4.78 is 15.2. The third kappa shape index (κ3) is 2.88. The summed E-state index contributed by atoms with van der Waals surface area (Å²) in [4.78, 5) is 23.5. The Bertz CT molecular complexity index is 712. The Morgan fingerprint density at radius 3 is 2.90 bits per heavy atom. The second kappa shape index (κ2) is 6.06. The Morgan fingerprint density at radius 1 is 1.40 bits per heavy atom. The molecule has 0 aliphatic carbocycles. The number of rotatable bonds is 4. The van der Waals surface area contributed by atoms with Crippen LogP contribution >= 0.6 is 0 Å². The van der Waals surface area contributed by atoms with Gasteiger partial charge in [0.2, 0.25) is 0 Å². The van der Waals surface area contributed by atoms with Gasteiger partial charge in [0.15, 0.2) is 5.43 Å². The first-order chi connectivity index (χ1) is 9.65. The molecule has 104 valence electrons. The van der Waals surface area contributed by atoms with Gasteiger partial charge in [-0.2, -0.15) is 0 Å². The lowest BCUT2D eigenvalue weighted by atomic mass is 10.1. The normalized spacial score (nSPS) is 10.9. The largest absolute Gasteiger partial charge is 0.497 e. The monoisotopic (exact) mass is 274 g/mol. The molecule has 0 amide bonds. The SMILES string of the molecule is CCOC(=O)C=Cc1coc2ccc(OC)cc2c1=O. The highest BCUT2D eigenvalue weighted by Gasteiger charge is 2.06. The smallest absolute Gasteiger partial charge is 0.330 e. The Balaban J connectivity index is 2.43. The van der Waals surface area contributed by atoms with Crippen molar-refractivity contribution >= 4 is 23.0 Å². The van der Waals surface area contributed by atoms with Gasteiger partial charge in [0.05, 0.1) is 24.7 Å². The number of benzene rings is 1. The maximum absolute atomic E-state index is 12.2. The summed E-state index contributed by atoms with van der Waals surface area (Å²) >= 11 is 0. The van der Waals surface area contributed by atoms with Crippen LogP contribution in [0.15, 0.2) is 39.7 Å². The van der Waals surface area contributed by atoms with E-state index in [-0.39, 0.29) is 17.6 Å². The van der Waals surface area contributed by atoms with Gasteiger partial charge in [-0.1, -0.05) is 0 Å². The van der Waals surface area contributed by atoms with Crippen molar-refractivity contribution in [3.63, 3.8) is 0 Å². The van der Waals surface area contributed by atoms with Gasteiger partial charge in [-0.3, -0.25) is 4.79 Å². The first kappa shape index (κ1) is 13.9. The molecule has 0 spiro atoms. The minimum atomic E-state index is -0.502. The van der Waals surface area contributed by atoms with Crippen molar-refractivity contribution < 1.29 is 18.7 Å². The maximum Gasteiger partial charge on any atom is 0.330 e. The van der Waals surface area contributed by atoms with Crippen LogP contribution in [-0.2, 0) is 9.53 Å². The molecule has 0 saturated carbocycles. The number of carbonyl (C=O) groups is 1. The van der Waals surface area contributed by atoms with E-state index in [0.717, 1.165) is 0 Å². The van der Waals surface area contributed by atoms with Gasteiger partial charge in [-0.05, 0) is 31.2 Å². The van der Waals surface area contributed by atoms with Crippen LogP contribution in [0.3, 0.4) is 0 Å². The summed E-state index contributed by atoms with van der Waals surface area (Å²) in [6, 6.07) is 4.97. The molecule has 1 aromatic carbocycles. The molecule has 20 heavy (non-hydrogen) atoms. The number of methoxy groups -OCH3 is 1. The molecule has 5 nitrogen and oxygen atoms in total. The molecule has 0 bridgehead atoms. The first-order valence-corrected chi connectivity index (χ1v) is 6.10. The minimum absolute atomic E-state index is 0.231. The van der Waals surface area contributed by atoms with Crippen LogP contribution in [0.2, 0.25) is 0 Å². The summed E-state index contributed by atoms with van der Waals surface area (Å²) in [7, 11) is 1.52. The molecule has 0 N–H and O–H groups in total. The molecule has 0 aliphatic rings. The highest BCUT2D eigenvalue weighted by Crippen LogP contribution is 2.18. The molecule has 1 heterocycles. The zero-order chi connectivity index (χ0) is 14.5. The Morgan fingerprint density at radius 2 is 2.20 bits per heavy atom. The molecule has 0 saturated heterocycles. The van der Waals surface area contributed by atoms with Crippen molar-refractivity contribution in [3.8, 4) is 5.75 Å². The summed E-state index contributed by atoms with van der Waals surface area (Å²) in [5.74, 6) is 0.0639. The van der Waals surface area contributed by atoms with Gasteiger partial charge in [-0.15, -0.1) is 0 Å². The van der Waals surface area contributed by atoms with Gasteiger partial charge in [0.25, 0.3) is 0 Å². The fourth-order valence-electron chi connectivity index (χ4n) is 1.72. The van der Waals surface area contributed by atoms with Crippen molar-refractivity contribution in [2.75, 3.05) is 13.7 Å². The third-order valence-electron chi connectivity index (χ3n) is 2.69. The number of hydrogen-bond donors (Lipinski definition) is 0. The maximum atomic E-state index is 12.2. The molecular formula is C15H14O5. The quantitative estimate of drug-likeness (QED) is 0.632. The van der Waals surface area contributed by atoms with E-state index in [0.29, 0.717) is 16.7 Å². The van der Waals surface area contributed by atoms with Gasteiger partial charge in [0, 0.05) is 6.08 Å². The van der Waals surface area contributed by atoms with Crippen LogP contribution < -0.4 is 10.2 Å². The van der Waals surface area contributed by atoms with Gasteiger partial charge >= 0.3 is 5.97 Å². The van der Waals surface area contributed by atoms with Crippen LogP contribution in [0.5, 0.6) is 5.75 Å². The average molecular weight is 274 g/mol. The highest BCUT2D eigenvalue weighted by molar-refractivity contribution is 5.88. The highest BCUT2D eigenvalue weighted by atomic mass is 16.5. The fourth-order valence-corrected chi connectivity index (χ4v) is 1.72. The molecule has 0 radical (unpaired) electrons. The topological polar surface area (TPSA) is 65.7 Å². The van der Waals surface area contributed by atoms with Gasteiger partial charge < -0.3 is 13.9 Å². The summed E-state index contributed by atoms with van der Waals surface area (Å²) in [5.41, 5.74) is 0.508. The van der Waals surface area contributed by atoms with E-state index in [1.165, 1.54) is 25.5 Å². The molecule has 0 fully saturated rings. The molecule has 1 aromatic heterocycles. The number of esters is 1. The first-order valence-electron chi connectivity index (χ1n) is 6.10. The summed E-state index contributed by atoms with van der Waals surface area (Å²) in [6.07, 6.45) is 3.89. The van der Waals surface area contributed by atoms with Crippen LogP contribution in [0.4, 0.5) is 0 Å². The van der Waals surface area contributed by atoms with Crippen molar-refractivity contribution in [3.05, 3.63) is 46.3 Å². The lowest BCUT2D eigenvalue weighted by Gasteiger charge is -2.02. The van der Waals surface area contributed by atoms with E-state index in [1.54, 1.807) is 25.1 Å². The van der Waals surface area contributed by atoms with Crippen LogP contribution in [0, 0.1) is 0 Å². The van der Waals surface area contributed by atoms with E-state index >= 15 is 0 Å². The van der Waals surface area contributed by atoms with Crippen molar-refractivity contribution in [2.24, 2.45) is 0 Å². The van der Waals surface area contributed by atoms with Crippen molar-refractivity contribution in [1.29, 1.82) is 0 Å². The Kier molecular flexibility index (Phi) is 4.20.